The number of nitrogens with one attached hydrogen (secondary N) is 1. The Labute approximate surface area is 113 Å². The van der Waals surface area contributed by atoms with Crippen molar-refractivity contribution in [3.63, 3.8) is 0 Å². The molecular formula is C13H25N3OS. The van der Waals surface area contributed by atoms with Crippen LogP contribution in [-0.4, -0.2) is 32.0 Å². The molecule has 3 unspecified atom stereocenters. The fourth-order valence-electron chi connectivity index (χ4n) is 2.19. The first-order chi connectivity index (χ1) is 8.34. The predicted molar refractivity (Wildman–Crippen MR) is 77.2 cm³/mol. The molecular weight excluding hydrogens is 246 g/mol. The highest BCUT2D eigenvalue weighted by Gasteiger charge is 2.16. The van der Waals surface area contributed by atoms with Gasteiger partial charge in [-0.05, 0) is 33.7 Å². The Morgan fingerprint density at radius 3 is 2.44 bits per heavy atom. The third-order valence-electron chi connectivity index (χ3n) is 3.57. The van der Waals surface area contributed by atoms with Crippen LogP contribution in [0.5, 0.6) is 0 Å². The van der Waals surface area contributed by atoms with Gasteiger partial charge in [-0.15, -0.1) is 0 Å². The van der Waals surface area contributed by atoms with Crippen LogP contribution in [0.2, 0.25) is 0 Å². The molecule has 0 saturated carbocycles. The zero-order valence-electron chi connectivity index (χ0n) is 12.3. The predicted octanol–water partition coefficient (Wildman–Crippen LogP) is 1.84. The van der Waals surface area contributed by atoms with Crippen LogP contribution >= 0.6 is 0 Å². The second-order valence-corrected chi connectivity index (χ2v) is 6.78. The molecule has 0 spiro atoms. The van der Waals surface area contributed by atoms with Gasteiger partial charge in [-0.25, -0.2) is 0 Å². The van der Waals surface area contributed by atoms with E-state index in [-0.39, 0.29) is 11.3 Å². The molecule has 1 rings (SSSR count). The van der Waals surface area contributed by atoms with Crippen molar-refractivity contribution in [3.05, 3.63) is 17.0 Å². The SMILES string of the molecule is Cc1nn(C)c(C)c1C(C)NCCC(C)S(C)=O. The molecule has 0 aliphatic heterocycles. The topological polar surface area (TPSA) is 46.9 Å². The first-order valence-corrected chi connectivity index (χ1v) is 8.02. The molecule has 1 N–H and O–H groups in total. The lowest BCUT2D eigenvalue weighted by atomic mass is 10.1. The van der Waals surface area contributed by atoms with Gasteiger partial charge in [-0.3, -0.25) is 8.89 Å². The third kappa shape index (κ3) is 3.65. The van der Waals surface area contributed by atoms with Gasteiger partial charge < -0.3 is 5.32 Å². The maximum atomic E-state index is 11.3. The number of rotatable bonds is 6. The Kier molecular flexibility index (Phi) is 5.53. The summed E-state index contributed by atoms with van der Waals surface area (Å²) < 4.78 is 13.2. The van der Waals surface area contributed by atoms with Crippen molar-refractivity contribution >= 4 is 10.8 Å². The molecule has 0 fully saturated rings. The lowest BCUT2D eigenvalue weighted by molar-refractivity contribution is 0.549. The smallest absolute Gasteiger partial charge is 0.0644 e. The number of hydrogen-bond acceptors (Lipinski definition) is 3. The average molecular weight is 271 g/mol. The highest BCUT2D eigenvalue weighted by Crippen LogP contribution is 2.20. The van der Waals surface area contributed by atoms with Gasteiger partial charge in [0.1, 0.15) is 0 Å². The van der Waals surface area contributed by atoms with E-state index < -0.39 is 10.8 Å². The largest absolute Gasteiger partial charge is 0.310 e. The summed E-state index contributed by atoms with van der Waals surface area (Å²) in [5.74, 6) is 0. The highest BCUT2D eigenvalue weighted by atomic mass is 32.2. The normalized spacial score (nSPS) is 16.6. The molecule has 1 heterocycles. The molecule has 1 aromatic heterocycles. The van der Waals surface area contributed by atoms with Gasteiger partial charge >= 0.3 is 0 Å². The van der Waals surface area contributed by atoms with Gasteiger partial charge in [-0.2, -0.15) is 5.10 Å². The fourth-order valence-corrected chi connectivity index (χ4v) is 2.64. The van der Waals surface area contributed by atoms with E-state index >= 15 is 0 Å². The summed E-state index contributed by atoms with van der Waals surface area (Å²) in [4.78, 5) is 0. The quantitative estimate of drug-likeness (QED) is 0.859. The zero-order chi connectivity index (χ0) is 13.9. The number of nitrogens with zero attached hydrogens (tertiary/aromatic N) is 2. The second-order valence-electron chi connectivity index (χ2n) is 4.98. The molecule has 0 aromatic carbocycles. The Morgan fingerprint density at radius 2 is 2.00 bits per heavy atom. The molecule has 1 aromatic rings. The Balaban J connectivity index is 2.55. The molecule has 3 atom stereocenters. The molecule has 4 nitrogen and oxygen atoms in total. The molecule has 104 valence electrons. The summed E-state index contributed by atoms with van der Waals surface area (Å²) in [6.07, 6.45) is 2.70. The van der Waals surface area contributed by atoms with Crippen LogP contribution in [0.4, 0.5) is 0 Å². The third-order valence-corrected chi connectivity index (χ3v) is 4.93. The van der Waals surface area contributed by atoms with E-state index in [0.29, 0.717) is 0 Å². The summed E-state index contributed by atoms with van der Waals surface area (Å²) in [6, 6.07) is 0.288. The molecule has 0 aliphatic rings. The van der Waals surface area contributed by atoms with Gasteiger partial charge in [0.2, 0.25) is 0 Å². The molecule has 0 saturated heterocycles. The lowest BCUT2D eigenvalue weighted by Crippen LogP contribution is -2.24. The van der Waals surface area contributed by atoms with E-state index in [1.807, 2.05) is 25.6 Å². The van der Waals surface area contributed by atoms with Crippen molar-refractivity contribution in [2.45, 2.75) is 45.4 Å². The lowest BCUT2D eigenvalue weighted by Gasteiger charge is -2.16. The van der Waals surface area contributed by atoms with Crippen LogP contribution in [0.15, 0.2) is 0 Å². The van der Waals surface area contributed by atoms with Gasteiger partial charge in [0.15, 0.2) is 0 Å². The minimum atomic E-state index is -0.731. The molecule has 0 radical (unpaired) electrons. The van der Waals surface area contributed by atoms with Gasteiger partial charge in [0.25, 0.3) is 0 Å². The van der Waals surface area contributed by atoms with Crippen LogP contribution in [0.3, 0.4) is 0 Å². The van der Waals surface area contributed by atoms with E-state index in [9.17, 15) is 4.21 Å². The fraction of sp³-hybridized carbons (Fsp3) is 0.769. The van der Waals surface area contributed by atoms with Crippen LogP contribution in [0, 0.1) is 13.8 Å². The molecule has 0 bridgehead atoms. The Hall–Kier alpha value is -0.680. The van der Waals surface area contributed by atoms with E-state index in [2.05, 4.69) is 24.3 Å². The highest BCUT2D eigenvalue weighted by molar-refractivity contribution is 7.84. The minimum Gasteiger partial charge on any atom is -0.310 e. The zero-order valence-corrected chi connectivity index (χ0v) is 13.1. The van der Waals surface area contributed by atoms with E-state index in [0.717, 1.165) is 18.7 Å². The van der Waals surface area contributed by atoms with Crippen LogP contribution < -0.4 is 5.32 Å². The standard InChI is InChI=1S/C13H25N3OS/c1-9(18(6)17)7-8-14-10(2)13-11(3)15-16(5)12(13)4/h9-10,14H,7-8H2,1-6H3. The molecule has 18 heavy (non-hydrogen) atoms. The van der Waals surface area contributed by atoms with Crippen molar-refractivity contribution in [1.29, 1.82) is 0 Å². The van der Waals surface area contributed by atoms with E-state index in [4.69, 9.17) is 0 Å². The van der Waals surface area contributed by atoms with Crippen LogP contribution in [0.25, 0.3) is 0 Å². The monoisotopic (exact) mass is 271 g/mol. The van der Waals surface area contributed by atoms with Crippen LogP contribution in [0.1, 0.15) is 43.3 Å². The Bertz CT molecular complexity index is 428. The summed E-state index contributed by atoms with van der Waals surface area (Å²) in [6.45, 7) is 9.21. The maximum Gasteiger partial charge on any atom is 0.0644 e. The van der Waals surface area contributed by atoms with Crippen molar-refractivity contribution < 1.29 is 4.21 Å². The summed E-state index contributed by atoms with van der Waals surface area (Å²) in [5.41, 5.74) is 3.57. The maximum absolute atomic E-state index is 11.3. The molecule has 5 heteroatoms. The number of aromatic nitrogens is 2. The van der Waals surface area contributed by atoms with Crippen molar-refractivity contribution in [1.82, 2.24) is 15.1 Å². The number of aryl methyl sites for hydroxylation is 2. The van der Waals surface area contributed by atoms with Crippen molar-refractivity contribution in [2.75, 3.05) is 12.8 Å². The Morgan fingerprint density at radius 1 is 1.39 bits per heavy atom. The first kappa shape index (κ1) is 15.4. The minimum absolute atomic E-state index is 0.251. The summed E-state index contributed by atoms with van der Waals surface area (Å²) in [5, 5.41) is 8.17. The first-order valence-electron chi connectivity index (χ1n) is 6.40. The van der Waals surface area contributed by atoms with Gasteiger partial charge in [-0.1, -0.05) is 6.92 Å². The number of hydrogen-bond donors (Lipinski definition) is 1. The molecule has 0 aliphatic carbocycles. The van der Waals surface area contributed by atoms with E-state index in [1.54, 1.807) is 6.26 Å². The average Bonchev–Trinajstić information content (AvgIpc) is 2.52. The van der Waals surface area contributed by atoms with Crippen LogP contribution in [-0.2, 0) is 17.8 Å². The van der Waals surface area contributed by atoms with Gasteiger partial charge in [0.05, 0.1) is 5.69 Å². The van der Waals surface area contributed by atoms with Gasteiger partial charge in [0, 0.05) is 46.7 Å². The van der Waals surface area contributed by atoms with Crippen molar-refractivity contribution in [2.24, 2.45) is 7.05 Å². The molecule has 0 amide bonds. The van der Waals surface area contributed by atoms with Crippen molar-refractivity contribution in [3.8, 4) is 0 Å². The second kappa shape index (κ2) is 6.48. The van der Waals surface area contributed by atoms with E-state index in [1.165, 1.54) is 11.3 Å². The summed E-state index contributed by atoms with van der Waals surface area (Å²) in [7, 11) is 1.24. The summed E-state index contributed by atoms with van der Waals surface area (Å²) >= 11 is 0.